The van der Waals surface area contributed by atoms with Gasteiger partial charge >= 0.3 is 0 Å². The number of nitrogens with one attached hydrogen (secondary N) is 3. The van der Waals surface area contributed by atoms with Crippen molar-refractivity contribution in [2.75, 3.05) is 7.05 Å². The number of aliphatic imine (C=N–C) groups is 1. The minimum absolute atomic E-state index is 0.0795. The average Bonchev–Trinajstić information content (AvgIpc) is 2.99. The predicted octanol–water partition coefficient (Wildman–Crippen LogP) is 1.21. The van der Waals surface area contributed by atoms with Crippen molar-refractivity contribution in [3.8, 4) is 0 Å². The number of nitrogens with zero attached hydrogens (tertiary/aromatic N) is 4. The normalized spacial score (nSPS) is 12.0. The van der Waals surface area contributed by atoms with Gasteiger partial charge in [-0.15, -0.1) is 0 Å². The van der Waals surface area contributed by atoms with Gasteiger partial charge in [0.25, 0.3) is 5.91 Å². The van der Waals surface area contributed by atoms with Crippen LogP contribution in [0.5, 0.6) is 0 Å². The molecule has 0 saturated heterocycles. The number of rotatable bonds is 5. The lowest BCUT2D eigenvalue weighted by atomic mass is 10.1. The fourth-order valence-corrected chi connectivity index (χ4v) is 2.28. The number of carbonyl (C=O) groups excluding carboxylic acids is 1. The molecule has 0 aliphatic rings. The van der Waals surface area contributed by atoms with Crippen molar-refractivity contribution in [1.29, 1.82) is 0 Å². The van der Waals surface area contributed by atoms with Crippen LogP contribution in [0.2, 0.25) is 0 Å². The monoisotopic (exact) mass is 357 g/mol. The van der Waals surface area contributed by atoms with E-state index in [2.05, 4.69) is 31.0 Å². The van der Waals surface area contributed by atoms with Crippen molar-refractivity contribution in [3.63, 3.8) is 0 Å². The second-order valence-electron chi connectivity index (χ2n) is 6.98. The van der Waals surface area contributed by atoms with Gasteiger partial charge < -0.3 is 16.0 Å². The quantitative estimate of drug-likeness (QED) is 0.552. The Morgan fingerprint density at radius 3 is 2.58 bits per heavy atom. The van der Waals surface area contributed by atoms with Gasteiger partial charge in [0.15, 0.2) is 5.96 Å². The van der Waals surface area contributed by atoms with Crippen LogP contribution in [0, 0.1) is 0 Å². The highest BCUT2D eigenvalue weighted by molar-refractivity contribution is 5.94. The number of aryl methyl sites for hydroxylation is 1. The molecule has 3 N–H and O–H groups in total. The summed E-state index contributed by atoms with van der Waals surface area (Å²) in [6.07, 6.45) is 1.52. The molecule has 2 rings (SSSR count). The van der Waals surface area contributed by atoms with E-state index in [-0.39, 0.29) is 11.4 Å². The van der Waals surface area contributed by atoms with Gasteiger partial charge in [-0.3, -0.25) is 14.5 Å². The van der Waals surface area contributed by atoms with E-state index >= 15 is 0 Å². The largest absolute Gasteiger partial charge is 0.352 e. The molecule has 1 aromatic carbocycles. The first-order chi connectivity index (χ1) is 12.3. The van der Waals surface area contributed by atoms with Crippen LogP contribution in [0.3, 0.4) is 0 Å². The molecule has 26 heavy (non-hydrogen) atoms. The summed E-state index contributed by atoms with van der Waals surface area (Å²) in [6.45, 7) is 6.95. The summed E-state index contributed by atoms with van der Waals surface area (Å²) >= 11 is 0. The number of carbonyl (C=O) groups is 1. The lowest BCUT2D eigenvalue weighted by Gasteiger charge is -2.20. The molecular weight excluding hydrogens is 330 g/mol. The zero-order valence-corrected chi connectivity index (χ0v) is 16.0. The van der Waals surface area contributed by atoms with Gasteiger partial charge in [-0.25, -0.2) is 4.98 Å². The molecule has 0 bridgehead atoms. The minimum atomic E-state index is -0.267. The third-order valence-corrected chi connectivity index (χ3v) is 3.58. The molecular formula is C18H27N7O. The number of guanidine groups is 1. The maximum Gasteiger partial charge on any atom is 0.251 e. The lowest BCUT2D eigenvalue weighted by molar-refractivity contribution is 0.0919. The first-order valence-corrected chi connectivity index (χ1v) is 8.47. The van der Waals surface area contributed by atoms with E-state index in [1.165, 1.54) is 6.33 Å². The Morgan fingerprint density at radius 2 is 1.96 bits per heavy atom. The van der Waals surface area contributed by atoms with E-state index in [4.69, 9.17) is 0 Å². The number of benzene rings is 1. The summed E-state index contributed by atoms with van der Waals surface area (Å²) in [4.78, 5) is 20.6. The molecule has 8 nitrogen and oxygen atoms in total. The molecule has 0 saturated carbocycles. The van der Waals surface area contributed by atoms with Crippen LogP contribution in [0.15, 0.2) is 35.6 Å². The molecule has 8 heteroatoms. The van der Waals surface area contributed by atoms with Crippen LogP contribution in [0.1, 0.15) is 42.5 Å². The molecule has 140 valence electrons. The van der Waals surface area contributed by atoms with E-state index in [0.717, 1.165) is 11.4 Å². The highest BCUT2D eigenvalue weighted by Crippen LogP contribution is 2.08. The van der Waals surface area contributed by atoms with Gasteiger partial charge in [0, 0.05) is 31.7 Å². The Balaban J connectivity index is 1.92. The Kier molecular flexibility index (Phi) is 6.32. The van der Waals surface area contributed by atoms with Crippen molar-refractivity contribution in [1.82, 2.24) is 30.7 Å². The first-order valence-electron chi connectivity index (χ1n) is 8.47. The summed E-state index contributed by atoms with van der Waals surface area (Å²) in [5.74, 6) is 1.38. The maximum absolute atomic E-state index is 12.3. The fourth-order valence-electron chi connectivity index (χ4n) is 2.28. The zero-order chi connectivity index (χ0) is 19.2. The molecule has 1 amide bonds. The van der Waals surface area contributed by atoms with E-state index in [1.54, 1.807) is 11.7 Å². The Bertz CT molecular complexity index is 774. The fraction of sp³-hybridized carbons (Fsp3) is 0.444. The number of hydrogen-bond acceptors (Lipinski definition) is 4. The van der Waals surface area contributed by atoms with Gasteiger partial charge in [-0.05, 0) is 38.5 Å². The highest BCUT2D eigenvalue weighted by Gasteiger charge is 2.15. The number of aromatic nitrogens is 3. The van der Waals surface area contributed by atoms with Crippen molar-refractivity contribution >= 4 is 11.9 Å². The second-order valence-corrected chi connectivity index (χ2v) is 6.98. The van der Waals surface area contributed by atoms with Gasteiger partial charge in [0.2, 0.25) is 0 Å². The van der Waals surface area contributed by atoms with E-state index in [1.807, 2.05) is 52.1 Å². The van der Waals surface area contributed by atoms with E-state index in [0.29, 0.717) is 24.6 Å². The molecule has 0 unspecified atom stereocenters. The van der Waals surface area contributed by atoms with Crippen LogP contribution in [0.25, 0.3) is 0 Å². The Hall–Kier alpha value is -2.90. The van der Waals surface area contributed by atoms with Crippen LogP contribution in [0.4, 0.5) is 0 Å². The van der Waals surface area contributed by atoms with Crippen molar-refractivity contribution in [2.24, 2.45) is 12.0 Å². The summed E-state index contributed by atoms with van der Waals surface area (Å²) in [5, 5.41) is 13.4. The Labute approximate surface area is 154 Å². The third kappa shape index (κ3) is 5.87. The van der Waals surface area contributed by atoms with Crippen LogP contribution in [-0.2, 0) is 20.1 Å². The van der Waals surface area contributed by atoms with Crippen LogP contribution < -0.4 is 16.0 Å². The van der Waals surface area contributed by atoms with E-state index in [9.17, 15) is 4.79 Å². The van der Waals surface area contributed by atoms with Crippen molar-refractivity contribution in [3.05, 3.63) is 47.5 Å². The van der Waals surface area contributed by atoms with Gasteiger partial charge in [0.1, 0.15) is 12.2 Å². The van der Waals surface area contributed by atoms with Crippen LogP contribution >= 0.6 is 0 Å². The Morgan fingerprint density at radius 1 is 1.23 bits per heavy atom. The minimum Gasteiger partial charge on any atom is -0.352 e. The van der Waals surface area contributed by atoms with Gasteiger partial charge in [0.05, 0.1) is 6.54 Å². The summed E-state index contributed by atoms with van der Waals surface area (Å²) in [6, 6.07) is 7.54. The highest BCUT2D eigenvalue weighted by atomic mass is 16.1. The second kappa shape index (κ2) is 8.46. The topological polar surface area (TPSA) is 96.2 Å². The zero-order valence-electron chi connectivity index (χ0n) is 16.0. The lowest BCUT2D eigenvalue weighted by Crippen LogP contribution is -2.40. The first kappa shape index (κ1) is 19.4. The molecule has 0 spiro atoms. The standard InChI is InChI=1S/C18H27N7O/c1-18(2,3)24-16(26)14-8-6-7-13(9-14)10-20-17(19-4)21-11-15-22-12-23-25(15)5/h6-9,12H,10-11H2,1-5H3,(H,24,26)(H2,19,20,21). The third-order valence-electron chi connectivity index (χ3n) is 3.58. The average molecular weight is 357 g/mol. The molecule has 0 aliphatic carbocycles. The number of hydrogen-bond donors (Lipinski definition) is 3. The summed E-state index contributed by atoms with van der Waals surface area (Å²) in [5.41, 5.74) is 1.37. The van der Waals surface area contributed by atoms with Crippen LogP contribution in [-0.4, -0.2) is 39.2 Å². The molecule has 0 atom stereocenters. The summed E-state index contributed by atoms with van der Waals surface area (Å²) < 4.78 is 1.71. The number of amides is 1. The molecule has 0 aliphatic heterocycles. The maximum atomic E-state index is 12.3. The molecule has 1 heterocycles. The SMILES string of the molecule is CN=C(NCc1cccc(C(=O)NC(C)(C)C)c1)NCc1ncnn1C. The van der Waals surface area contributed by atoms with Crippen molar-refractivity contribution in [2.45, 2.75) is 39.4 Å². The van der Waals surface area contributed by atoms with Crippen molar-refractivity contribution < 1.29 is 4.79 Å². The van der Waals surface area contributed by atoms with E-state index < -0.39 is 0 Å². The molecule has 0 fully saturated rings. The molecule has 1 aromatic heterocycles. The summed E-state index contributed by atoms with van der Waals surface area (Å²) in [7, 11) is 3.55. The molecule has 2 aromatic rings. The van der Waals surface area contributed by atoms with Gasteiger partial charge in [-0.1, -0.05) is 12.1 Å². The smallest absolute Gasteiger partial charge is 0.251 e. The predicted molar refractivity (Wildman–Crippen MR) is 102 cm³/mol. The van der Waals surface area contributed by atoms with Gasteiger partial charge in [-0.2, -0.15) is 5.10 Å². The molecule has 0 radical (unpaired) electrons.